The minimum Gasteiger partial charge on any atom is -0.455 e. The summed E-state index contributed by atoms with van der Waals surface area (Å²) in [5.74, 6) is 0.692. The number of thiophene rings is 2. The van der Waals surface area contributed by atoms with Crippen LogP contribution >= 0.6 is 22.7 Å². The van der Waals surface area contributed by atoms with Crippen LogP contribution in [0.25, 0.3) is 130 Å². The van der Waals surface area contributed by atoms with Crippen LogP contribution in [-0.4, -0.2) is 15.0 Å². The van der Waals surface area contributed by atoms with Gasteiger partial charge in [-0.05, 0) is 58.6 Å². The summed E-state index contributed by atoms with van der Waals surface area (Å²) in [6.07, 6.45) is 0. The van der Waals surface area contributed by atoms with Crippen LogP contribution in [0.1, 0.15) is 8.22 Å². The Labute approximate surface area is 378 Å². The maximum Gasteiger partial charge on any atom is 0.164 e. The summed E-state index contributed by atoms with van der Waals surface area (Å²) in [4.78, 5) is 14.9. The molecular weight excluding hydrogens is 807 g/mol. The van der Waals surface area contributed by atoms with E-state index in [0.717, 1.165) is 75.7 Å². The maximum atomic E-state index is 9.75. The molecule has 4 aromatic heterocycles. The van der Waals surface area contributed by atoms with Gasteiger partial charge in [-0.25, -0.2) is 15.0 Å². The minimum absolute atomic E-state index is 0.0104. The van der Waals surface area contributed by atoms with Gasteiger partial charge in [-0.2, -0.15) is 0 Å². The van der Waals surface area contributed by atoms with E-state index in [1.54, 1.807) is 11.3 Å². The summed E-state index contributed by atoms with van der Waals surface area (Å²) in [5.41, 5.74) is 7.75. The molecule has 4 nitrogen and oxygen atoms in total. The summed E-state index contributed by atoms with van der Waals surface area (Å²) >= 11 is 2.72. The molecule has 0 fully saturated rings. The van der Waals surface area contributed by atoms with Gasteiger partial charge in [0.05, 0.1) is 8.22 Å². The Morgan fingerprint density at radius 2 is 0.905 bits per heavy atom. The first-order chi connectivity index (χ1) is 33.7. The second-order valence-electron chi connectivity index (χ2n) is 15.4. The van der Waals surface area contributed by atoms with Crippen LogP contribution in [0.2, 0.25) is 0 Å². The van der Waals surface area contributed by atoms with Crippen molar-refractivity contribution >= 4 is 85.0 Å². The highest BCUT2D eigenvalue weighted by atomic mass is 32.1. The van der Waals surface area contributed by atoms with E-state index >= 15 is 0 Å². The van der Waals surface area contributed by atoms with Gasteiger partial charge in [0.1, 0.15) is 11.2 Å². The number of fused-ring (bicyclic) bond motifs is 9. The molecule has 0 saturated carbocycles. The van der Waals surface area contributed by atoms with Gasteiger partial charge >= 0.3 is 0 Å². The highest BCUT2D eigenvalue weighted by Crippen LogP contribution is 2.44. The molecule has 6 heteroatoms. The van der Waals surface area contributed by atoms with E-state index in [4.69, 9.17) is 19.4 Å². The Hall–Kier alpha value is -7.77. The second kappa shape index (κ2) is 14.4. The fourth-order valence-electron chi connectivity index (χ4n) is 8.67. The molecule has 0 atom stereocenters. The SMILES string of the molecule is [2H]c1c(-c2cccc3sc4ccccc4c23)c([2H])c2c(sc3c([2H])c(-c4nc(-c5ccccc5)nc(-c5cccc(-c6cccc7c6oc6c(-c8ccccc8)cccc67)c5)n4)c([2H])c([2H])c32)c1[2H]. The molecule has 9 aromatic carbocycles. The molecule has 0 aliphatic heterocycles. The van der Waals surface area contributed by atoms with Gasteiger partial charge in [0.25, 0.3) is 0 Å². The van der Waals surface area contributed by atoms with Crippen molar-refractivity contribution in [1.29, 1.82) is 0 Å². The Morgan fingerprint density at radius 3 is 1.70 bits per heavy atom. The van der Waals surface area contributed by atoms with Gasteiger partial charge in [-0.15, -0.1) is 22.7 Å². The third kappa shape index (κ3) is 5.98. The van der Waals surface area contributed by atoms with Crippen LogP contribution in [0.3, 0.4) is 0 Å². The van der Waals surface area contributed by atoms with Gasteiger partial charge in [-0.3, -0.25) is 0 Å². The lowest BCUT2D eigenvalue weighted by Gasteiger charge is -2.10. The number of hydrogen-bond acceptors (Lipinski definition) is 6. The van der Waals surface area contributed by atoms with Crippen LogP contribution in [0.15, 0.2) is 204 Å². The Balaban J connectivity index is 0.989. The molecule has 0 aliphatic carbocycles. The number of hydrogen-bond donors (Lipinski definition) is 0. The van der Waals surface area contributed by atoms with E-state index in [2.05, 4.69) is 42.5 Å². The molecule has 294 valence electrons. The molecule has 0 radical (unpaired) electrons. The topological polar surface area (TPSA) is 51.8 Å². The van der Waals surface area contributed by atoms with Crippen molar-refractivity contribution in [1.82, 2.24) is 15.0 Å². The minimum atomic E-state index is -0.281. The van der Waals surface area contributed by atoms with E-state index in [-0.39, 0.29) is 64.0 Å². The van der Waals surface area contributed by atoms with E-state index in [9.17, 15) is 8.22 Å². The molecule has 0 bridgehead atoms. The molecule has 0 spiro atoms. The molecule has 0 aliphatic rings. The fraction of sp³-hybridized carbons (Fsp3) is 0. The molecule has 13 aromatic rings. The number of benzene rings is 9. The van der Waals surface area contributed by atoms with Gasteiger partial charge in [-0.1, -0.05) is 164 Å². The zero-order chi connectivity index (χ0) is 46.7. The highest BCUT2D eigenvalue weighted by Gasteiger charge is 2.19. The van der Waals surface area contributed by atoms with Crippen molar-refractivity contribution in [2.24, 2.45) is 0 Å². The maximum absolute atomic E-state index is 9.75. The first-order valence-corrected chi connectivity index (χ1v) is 22.2. The van der Waals surface area contributed by atoms with Crippen LogP contribution in [0, 0.1) is 0 Å². The van der Waals surface area contributed by atoms with Crippen molar-refractivity contribution in [2.75, 3.05) is 0 Å². The molecule has 0 N–H and O–H groups in total. The lowest BCUT2D eigenvalue weighted by atomic mass is 9.98. The predicted octanol–water partition coefficient (Wildman–Crippen LogP) is 16.5. The molecule has 13 rings (SSSR count). The smallest absolute Gasteiger partial charge is 0.164 e. The molecule has 0 saturated heterocycles. The molecule has 0 unspecified atom stereocenters. The predicted molar refractivity (Wildman–Crippen MR) is 265 cm³/mol. The van der Waals surface area contributed by atoms with Crippen LogP contribution < -0.4 is 0 Å². The van der Waals surface area contributed by atoms with Crippen molar-refractivity contribution in [2.45, 2.75) is 0 Å². The molecular formula is C57H33N3OS2. The second-order valence-corrected chi connectivity index (χ2v) is 17.5. The van der Waals surface area contributed by atoms with Crippen LogP contribution in [-0.2, 0) is 0 Å². The zero-order valence-corrected chi connectivity index (χ0v) is 34.8. The summed E-state index contributed by atoms with van der Waals surface area (Å²) < 4.78 is 66.7. The Morgan fingerprint density at radius 1 is 0.349 bits per heavy atom. The normalized spacial score (nSPS) is 13.1. The van der Waals surface area contributed by atoms with Crippen LogP contribution in [0.5, 0.6) is 0 Å². The quantitative estimate of drug-likeness (QED) is 0.167. The number of para-hydroxylation sites is 2. The first-order valence-electron chi connectivity index (χ1n) is 23.5. The van der Waals surface area contributed by atoms with Crippen molar-refractivity contribution in [3.8, 4) is 67.5 Å². The summed E-state index contributed by atoms with van der Waals surface area (Å²) in [6, 6.07) is 53.0. The summed E-state index contributed by atoms with van der Waals surface area (Å²) in [6.45, 7) is 0. The van der Waals surface area contributed by atoms with Crippen molar-refractivity contribution < 1.29 is 12.6 Å². The van der Waals surface area contributed by atoms with E-state index in [0.29, 0.717) is 37.7 Å². The largest absolute Gasteiger partial charge is 0.455 e. The number of aromatic nitrogens is 3. The number of rotatable bonds is 6. The summed E-state index contributed by atoms with van der Waals surface area (Å²) in [5, 5.41) is 4.44. The standard InChI is InChI=1S/C57H33N3OS2/c1-3-13-34(14-4-1)41-21-10-23-44-45-24-11-22-42(54(45)61-53(41)44)36-17-9-18-38(31-36)56-58-55(35-15-5-2-6-16-35)59-57(60-56)39-27-29-43-47-32-37(28-30-49(47)63-51(43)33-39)40-20-12-26-50-52(40)46-19-7-8-25-48(46)62-50/h1-33H/i27D,28D,29D,30D,32D,33D. The van der Waals surface area contributed by atoms with Crippen molar-refractivity contribution in [3.05, 3.63) is 200 Å². The Kier molecular flexibility index (Phi) is 6.93. The van der Waals surface area contributed by atoms with Gasteiger partial charge in [0, 0.05) is 78.9 Å². The van der Waals surface area contributed by atoms with E-state index < -0.39 is 0 Å². The van der Waals surface area contributed by atoms with Crippen LogP contribution in [0.4, 0.5) is 0 Å². The average Bonchev–Trinajstić information content (AvgIpc) is 4.11. The first kappa shape index (κ1) is 30.3. The molecule has 4 heterocycles. The van der Waals surface area contributed by atoms with Crippen molar-refractivity contribution in [3.63, 3.8) is 0 Å². The van der Waals surface area contributed by atoms with E-state index in [1.165, 1.54) is 0 Å². The third-order valence-electron chi connectivity index (χ3n) is 11.6. The average molecular weight is 846 g/mol. The third-order valence-corrected chi connectivity index (χ3v) is 13.8. The lowest BCUT2D eigenvalue weighted by Crippen LogP contribution is -2.00. The summed E-state index contributed by atoms with van der Waals surface area (Å²) in [7, 11) is 0. The fourth-order valence-corrected chi connectivity index (χ4v) is 10.8. The zero-order valence-electron chi connectivity index (χ0n) is 39.2. The number of furan rings is 1. The lowest BCUT2D eigenvalue weighted by molar-refractivity contribution is 0.671. The highest BCUT2D eigenvalue weighted by molar-refractivity contribution is 7.26. The van der Waals surface area contributed by atoms with Gasteiger partial charge in [0.2, 0.25) is 0 Å². The van der Waals surface area contributed by atoms with Gasteiger partial charge < -0.3 is 4.42 Å². The number of nitrogens with zero attached hydrogens (tertiary/aromatic N) is 3. The molecule has 0 amide bonds. The monoisotopic (exact) mass is 845 g/mol. The van der Waals surface area contributed by atoms with Gasteiger partial charge in [0.15, 0.2) is 17.5 Å². The molecule has 63 heavy (non-hydrogen) atoms. The Bertz CT molecular complexity index is 4280. The van der Waals surface area contributed by atoms with E-state index in [1.807, 2.05) is 121 Å².